The van der Waals surface area contributed by atoms with E-state index in [1.165, 1.54) is 44.1 Å². The summed E-state index contributed by atoms with van der Waals surface area (Å²) in [4.78, 5) is 0. The summed E-state index contributed by atoms with van der Waals surface area (Å²) < 4.78 is 0. The quantitative estimate of drug-likeness (QED) is 0.311. The van der Waals surface area contributed by atoms with Crippen molar-refractivity contribution in [3.63, 3.8) is 0 Å². The van der Waals surface area contributed by atoms with Crippen molar-refractivity contribution in [2.45, 2.75) is 70.3 Å². The summed E-state index contributed by atoms with van der Waals surface area (Å²) in [6.07, 6.45) is 10.9. The molecule has 0 spiro atoms. The van der Waals surface area contributed by atoms with Crippen LogP contribution in [-0.4, -0.2) is 16.0 Å². The van der Waals surface area contributed by atoms with Crippen LogP contribution in [0.1, 0.15) is 64.7 Å². The fraction of sp³-hybridized carbons (Fsp3) is 0.826. The summed E-state index contributed by atoms with van der Waals surface area (Å²) in [5, 5.41) is 14.2. The van der Waals surface area contributed by atoms with Gasteiger partial charge in [0.2, 0.25) is 0 Å². The van der Waals surface area contributed by atoms with Crippen LogP contribution in [0.2, 0.25) is 0 Å². The zero-order valence-corrected chi connectivity index (χ0v) is 18.3. The highest BCUT2D eigenvalue weighted by Gasteiger charge is 2.57. The van der Waals surface area contributed by atoms with Crippen LogP contribution in [0.15, 0.2) is 12.2 Å². The van der Waals surface area contributed by atoms with E-state index >= 15 is 0 Å². The first-order chi connectivity index (χ1) is 12.4. The molecule has 0 bridgehead atoms. The van der Waals surface area contributed by atoms with Crippen LogP contribution in [0.25, 0.3) is 0 Å². The lowest BCUT2D eigenvalue weighted by molar-refractivity contribution is -0.0872. The van der Waals surface area contributed by atoms with E-state index in [1.807, 2.05) is 0 Å². The smallest absolute Gasteiger partial charge is 0.127 e. The van der Waals surface area contributed by atoms with E-state index < -0.39 is 5.60 Å². The molecule has 0 aliphatic heterocycles. The SMILES string of the molecule is C=C(CBr)[C@H]1CC[C@H]2[C@@H]3CC[C@@H]4C[C@](O)(C#CCl)CC[C@@H]4[C@H]3CC[C@]12C. The van der Waals surface area contributed by atoms with Gasteiger partial charge in [-0.2, -0.15) is 0 Å². The maximum atomic E-state index is 10.7. The Morgan fingerprint density at radius 2 is 1.88 bits per heavy atom. The molecular formula is C23H32BrClO. The molecule has 0 unspecified atom stereocenters. The molecule has 0 aromatic rings. The monoisotopic (exact) mass is 438 g/mol. The molecule has 0 heterocycles. The summed E-state index contributed by atoms with van der Waals surface area (Å²) in [6, 6.07) is 0. The van der Waals surface area contributed by atoms with Gasteiger partial charge >= 0.3 is 0 Å². The molecule has 4 fully saturated rings. The number of aliphatic hydroxyl groups is 1. The number of allylic oxidation sites excluding steroid dienone is 1. The summed E-state index contributed by atoms with van der Waals surface area (Å²) in [5.41, 5.74) is 1.06. The first-order valence-electron chi connectivity index (χ1n) is 10.5. The van der Waals surface area contributed by atoms with Crippen molar-refractivity contribution in [3.8, 4) is 11.3 Å². The predicted octanol–water partition coefficient (Wildman–Crippen LogP) is 6.14. The van der Waals surface area contributed by atoms with Crippen molar-refractivity contribution < 1.29 is 5.11 Å². The van der Waals surface area contributed by atoms with Gasteiger partial charge < -0.3 is 5.11 Å². The Kier molecular flexibility index (Phi) is 5.31. The molecule has 1 nitrogen and oxygen atoms in total. The normalized spacial score (nSPS) is 50.0. The second-order valence-electron chi connectivity index (χ2n) is 9.90. The lowest BCUT2D eigenvalue weighted by atomic mass is 9.49. The Labute approximate surface area is 172 Å². The molecular weight excluding hydrogens is 408 g/mol. The third-order valence-electron chi connectivity index (χ3n) is 8.95. The molecule has 0 saturated heterocycles. The van der Waals surface area contributed by atoms with Crippen LogP contribution in [0.5, 0.6) is 0 Å². The molecule has 0 aromatic carbocycles. The maximum Gasteiger partial charge on any atom is 0.127 e. The fourth-order valence-corrected chi connectivity index (χ4v) is 8.41. The van der Waals surface area contributed by atoms with E-state index in [-0.39, 0.29) is 0 Å². The molecule has 4 rings (SSSR count). The lowest BCUT2D eigenvalue weighted by Gasteiger charge is -2.57. The number of alkyl halides is 1. The Morgan fingerprint density at radius 3 is 2.62 bits per heavy atom. The van der Waals surface area contributed by atoms with E-state index in [0.29, 0.717) is 17.3 Å². The molecule has 144 valence electrons. The summed E-state index contributed by atoms with van der Waals surface area (Å²) >= 11 is 9.27. The summed E-state index contributed by atoms with van der Waals surface area (Å²) in [5.74, 6) is 7.69. The van der Waals surface area contributed by atoms with Gasteiger partial charge in [0, 0.05) is 10.7 Å². The topological polar surface area (TPSA) is 20.2 Å². The van der Waals surface area contributed by atoms with Gasteiger partial charge in [-0.25, -0.2) is 0 Å². The largest absolute Gasteiger partial charge is 0.378 e. The van der Waals surface area contributed by atoms with Crippen LogP contribution < -0.4 is 0 Å². The zero-order valence-electron chi connectivity index (χ0n) is 15.9. The first kappa shape index (κ1) is 19.4. The van der Waals surface area contributed by atoms with E-state index in [0.717, 1.165) is 48.3 Å². The number of fused-ring (bicyclic) bond motifs is 5. The van der Waals surface area contributed by atoms with Crippen LogP contribution in [0, 0.1) is 52.2 Å². The van der Waals surface area contributed by atoms with Crippen molar-refractivity contribution in [2.75, 3.05) is 5.33 Å². The molecule has 3 heteroatoms. The Hall–Kier alpha value is 0.0300. The van der Waals surface area contributed by atoms with Gasteiger partial charge in [0.15, 0.2) is 0 Å². The van der Waals surface area contributed by atoms with Gasteiger partial charge in [-0.1, -0.05) is 40.9 Å². The fourth-order valence-electron chi connectivity index (χ4n) is 7.84. The number of hydrogen-bond donors (Lipinski definition) is 1. The number of hydrogen-bond acceptors (Lipinski definition) is 1. The number of rotatable bonds is 2. The molecule has 4 aliphatic carbocycles. The van der Waals surface area contributed by atoms with E-state index in [1.54, 1.807) is 0 Å². The van der Waals surface area contributed by atoms with E-state index in [4.69, 9.17) is 11.6 Å². The van der Waals surface area contributed by atoms with Crippen LogP contribution >= 0.6 is 27.5 Å². The minimum absolute atomic E-state index is 0.471. The average molecular weight is 440 g/mol. The van der Waals surface area contributed by atoms with Crippen molar-refractivity contribution in [3.05, 3.63) is 12.2 Å². The van der Waals surface area contributed by atoms with Gasteiger partial charge in [0.25, 0.3) is 0 Å². The molecule has 26 heavy (non-hydrogen) atoms. The Morgan fingerprint density at radius 1 is 1.12 bits per heavy atom. The van der Waals surface area contributed by atoms with Crippen molar-refractivity contribution >= 4 is 27.5 Å². The average Bonchev–Trinajstić information content (AvgIpc) is 2.98. The molecule has 1 N–H and O–H groups in total. The highest BCUT2D eigenvalue weighted by atomic mass is 79.9. The summed E-state index contributed by atoms with van der Waals surface area (Å²) in [7, 11) is 0. The van der Waals surface area contributed by atoms with Crippen molar-refractivity contribution in [2.24, 2.45) is 40.9 Å². The summed E-state index contributed by atoms with van der Waals surface area (Å²) in [6.45, 7) is 6.97. The molecule has 4 aliphatic rings. The minimum Gasteiger partial charge on any atom is -0.378 e. The second kappa shape index (κ2) is 7.13. The van der Waals surface area contributed by atoms with Crippen LogP contribution in [-0.2, 0) is 0 Å². The number of halogens is 2. The van der Waals surface area contributed by atoms with Crippen molar-refractivity contribution in [1.29, 1.82) is 0 Å². The maximum absolute atomic E-state index is 10.7. The van der Waals surface area contributed by atoms with Crippen LogP contribution in [0.4, 0.5) is 0 Å². The molecule has 0 radical (unpaired) electrons. The van der Waals surface area contributed by atoms with E-state index in [2.05, 4.69) is 40.7 Å². The highest BCUT2D eigenvalue weighted by Crippen LogP contribution is 2.65. The molecule has 0 aromatic heterocycles. The zero-order chi connectivity index (χ0) is 18.5. The first-order valence-corrected chi connectivity index (χ1v) is 12.0. The van der Waals surface area contributed by atoms with Gasteiger partial charge in [0.1, 0.15) is 5.60 Å². The van der Waals surface area contributed by atoms with Gasteiger partial charge in [0.05, 0.1) is 0 Å². The Bertz CT molecular complexity index is 636. The molecule has 8 atom stereocenters. The third kappa shape index (κ3) is 3.01. The highest BCUT2D eigenvalue weighted by molar-refractivity contribution is 9.09. The van der Waals surface area contributed by atoms with Gasteiger partial charge in [-0.3, -0.25) is 0 Å². The molecule has 4 saturated carbocycles. The predicted molar refractivity (Wildman–Crippen MR) is 112 cm³/mol. The van der Waals surface area contributed by atoms with Gasteiger partial charge in [-0.15, -0.1) is 0 Å². The standard InChI is InChI=1S/C23H32BrClO/c1-15(14-24)20-5-6-21-19-4-3-16-13-23(26,11-12-25)10-8-17(16)18(19)7-9-22(20,21)2/h16-21,26H,1,3-10,13-14H2,2H3/t16-,17+,18-,19-,20-,21+,22-,23-/m1/s1. The van der Waals surface area contributed by atoms with Crippen molar-refractivity contribution in [1.82, 2.24) is 0 Å². The van der Waals surface area contributed by atoms with Crippen LogP contribution in [0.3, 0.4) is 0 Å². The van der Waals surface area contributed by atoms with E-state index in [9.17, 15) is 5.11 Å². The Balaban J connectivity index is 1.52. The molecule has 0 amide bonds. The third-order valence-corrected chi connectivity index (χ3v) is 9.77. The lowest BCUT2D eigenvalue weighted by Crippen LogP contribution is -2.50. The second-order valence-corrected chi connectivity index (χ2v) is 10.6. The minimum atomic E-state index is -0.828. The van der Waals surface area contributed by atoms with Gasteiger partial charge in [-0.05, 0) is 110 Å².